The molecule has 1 aromatic rings. The SMILES string of the molecule is CC(C)(C)OC(=O)N1C=Cc2cc(CCC(F)(F)F)nn2CC1. The Morgan fingerprint density at radius 3 is 2.61 bits per heavy atom. The second kappa shape index (κ2) is 6.25. The van der Waals surface area contributed by atoms with Crippen molar-refractivity contribution in [2.45, 2.75) is 51.9 Å². The molecule has 0 atom stereocenters. The Balaban J connectivity index is 2.03. The van der Waals surface area contributed by atoms with Crippen LogP contribution in [0.1, 0.15) is 38.6 Å². The first-order valence-corrected chi connectivity index (χ1v) is 7.35. The molecule has 2 heterocycles. The van der Waals surface area contributed by atoms with Gasteiger partial charge < -0.3 is 4.74 Å². The van der Waals surface area contributed by atoms with Crippen LogP contribution in [0.4, 0.5) is 18.0 Å². The summed E-state index contributed by atoms with van der Waals surface area (Å²) >= 11 is 0. The molecule has 0 N–H and O–H groups in total. The molecule has 0 unspecified atom stereocenters. The molecule has 1 aliphatic heterocycles. The summed E-state index contributed by atoms with van der Waals surface area (Å²) in [6.45, 7) is 6.09. The van der Waals surface area contributed by atoms with Gasteiger partial charge in [0.05, 0.1) is 17.9 Å². The summed E-state index contributed by atoms with van der Waals surface area (Å²) in [5, 5.41) is 4.17. The number of hydrogen-bond donors (Lipinski definition) is 0. The number of halogens is 3. The van der Waals surface area contributed by atoms with E-state index >= 15 is 0 Å². The largest absolute Gasteiger partial charge is 0.443 e. The zero-order valence-corrected chi connectivity index (χ0v) is 13.4. The summed E-state index contributed by atoms with van der Waals surface area (Å²) in [5.41, 5.74) is 0.483. The predicted octanol–water partition coefficient (Wildman–Crippen LogP) is 3.60. The maximum Gasteiger partial charge on any atom is 0.414 e. The molecule has 0 spiro atoms. The third-order valence-corrected chi connectivity index (χ3v) is 3.13. The Bertz CT molecular complexity index is 600. The summed E-state index contributed by atoms with van der Waals surface area (Å²) in [4.78, 5) is 13.4. The molecule has 23 heavy (non-hydrogen) atoms. The lowest BCUT2D eigenvalue weighted by Gasteiger charge is -2.24. The van der Waals surface area contributed by atoms with Crippen molar-refractivity contribution in [1.82, 2.24) is 14.7 Å². The van der Waals surface area contributed by atoms with Crippen LogP contribution in [0.3, 0.4) is 0 Å². The van der Waals surface area contributed by atoms with E-state index in [0.29, 0.717) is 24.5 Å². The zero-order chi connectivity index (χ0) is 17.3. The first-order valence-electron chi connectivity index (χ1n) is 7.35. The topological polar surface area (TPSA) is 47.4 Å². The van der Waals surface area contributed by atoms with E-state index in [1.807, 2.05) is 0 Å². The van der Waals surface area contributed by atoms with Gasteiger partial charge in [0.15, 0.2) is 0 Å². The summed E-state index contributed by atoms with van der Waals surface area (Å²) < 4.78 is 43.7. The summed E-state index contributed by atoms with van der Waals surface area (Å²) in [6.07, 6.45) is -2.46. The van der Waals surface area contributed by atoms with Gasteiger partial charge in [0, 0.05) is 25.6 Å². The summed E-state index contributed by atoms with van der Waals surface area (Å²) in [5.74, 6) is 0. The number of hydrogen-bond acceptors (Lipinski definition) is 3. The molecule has 1 aromatic heterocycles. The van der Waals surface area contributed by atoms with Crippen LogP contribution in [0.2, 0.25) is 0 Å². The average Bonchev–Trinajstić information content (AvgIpc) is 2.66. The average molecular weight is 331 g/mol. The van der Waals surface area contributed by atoms with Gasteiger partial charge in [-0.2, -0.15) is 18.3 Å². The molecule has 0 aromatic carbocycles. The van der Waals surface area contributed by atoms with Crippen LogP contribution in [0.5, 0.6) is 0 Å². The van der Waals surface area contributed by atoms with Crippen LogP contribution in [0, 0.1) is 0 Å². The lowest BCUT2D eigenvalue weighted by molar-refractivity contribution is -0.134. The van der Waals surface area contributed by atoms with Gasteiger partial charge >= 0.3 is 12.3 Å². The number of carbonyl (C=O) groups excluding carboxylic acids is 1. The Kier molecular flexibility index (Phi) is 4.72. The number of amides is 1. The highest BCUT2D eigenvalue weighted by Crippen LogP contribution is 2.22. The molecule has 5 nitrogen and oxygen atoms in total. The molecule has 0 aliphatic carbocycles. The maximum absolute atomic E-state index is 12.3. The molecule has 0 radical (unpaired) electrons. The molecule has 0 bridgehead atoms. The Morgan fingerprint density at radius 2 is 2.00 bits per heavy atom. The maximum atomic E-state index is 12.3. The fraction of sp³-hybridized carbons (Fsp3) is 0.600. The van der Waals surface area contributed by atoms with Crippen LogP contribution in [-0.2, 0) is 17.7 Å². The van der Waals surface area contributed by atoms with E-state index in [0.717, 1.165) is 0 Å². The molecule has 2 rings (SSSR count). The van der Waals surface area contributed by atoms with Crippen molar-refractivity contribution in [3.05, 3.63) is 23.7 Å². The molecule has 1 aliphatic rings. The number of nitrogens with zero attached hydrogens (tertiary/aromatic N) is 3. The van der Waals surface area contributed by atoms with Gasteiger partial charge in [-0.15, -0.1) is 0 Å². The van der Waals surface area contributed by atoms with Crippen molar-refractivity contribution in [3.63, 3.8) is 0 Å². The van der Waals surface area contributed by atoms with Crippen LogP contribution < -0.4 is 0 Å². The lowest BCUT2D eigenvalue weighted by atomic mass is 10.2. The molecule has 1 amide bonds. The molecule has 8 heteroatoms. The smallest absolute Gasteiger partial charge is 0.414 e. The number of aromatic nitrogens is 2. The van der Waals surface area contributed by atoms with E-state index in [9.17, 15) is 18.0 Å². The number of fused-ring (bicyclic) bond motifs is 1. The lowest BCUT2D eigenvalue weighted by Crippen LogP contribution is -2.34. The van der Waals surface area contributed by atoms with Crippen molar-refractivity contribution < 1.29 is 22.7 Å². The van der Waals surface area contributed by atoms with Gasteiger partial charge in [-0.1, -0.05) is 0 Å². The van der Waals surface area contributed by atoms with Gasteiger partial charge in [-0.3, -0.25) is 9.58 Å². The molecule has 0 saturated carbocycles. The molecule has 128 valence electrons. The van der Waals surface area contributed by atoms with Crippen molar-refractivity contribution in [1.29, 1.82) is 0 Å². The van der Waals surface area contributed by atoms with Crippen LogP contribution in [0.15, 0.2) is 12.3 Å². The number of carbonyl (C=O) groups is 1. The number of rotatable bonds is 2. The second-order valence-corrected chi connectivity index (χ2v) is 6.39. The fourth-order valence-corrected chi connectivity index (χ4v) is 2.11. The third-order valence-electron chi connectivity index (χ3n) is 3.13. The quantitative estimate of drug-likeness (QED) is 0.832. The molecular formula is C15H20F3N3O2. The zero-order valence-electron chi connectivity index (χ0n) is 13.4. The minimum atomic E-state index is -4.19. The van der Waals surface area contributed by atoms with Crippen molar-refractivity contribution in [3.8, 4) is 0 Å². The van der Waals surface area contributed by atoms with E-state index < -0.39 is 24.3 Å². The first-order chi connectivity index (χ1) is 10.5. The fourth-order valence-electron chi connectivity index (χ4n) is 2.11. The standard InChI is InChI=1S/C15H20F3N3O2/c1-14(2,3)23-13(22)20-7-5-12-10-11(4-6-15(16,17)18)19-21(12)9-8-20/h5,7,10H,4,6,8-9H2,1-3H3. The normalized spacial score (nSPS) is 15.3. The molecule has 0 fully saturated rings. The van der Waals surface area contributed by atoms with Crippen LogP contribution in [0.25, 0.3) is 6.08 Å². The first kappa shape index (κ1) is 17.4. The monoisotopic (exact) mass is 331 g/mol. The predicted molar refractivity (Wildman–Crippen MR) is 78.6 cm³/mol. The van der Waals surface area contributed by atoms with Gasteiger partial charge in [0.2, 0.25) is 0 Å². The summed E-state index contributed by atoms with van der Waals surface area (Å²) in [7, 11) is 0. The van der Waals surface area contributed by atoms with E-state index in [-0.39, 0.29) is 6.42 Å². The van der Waals surface area contributed by atoms with Gasteiger partial charge in [-0.05, 0) is 32.9 Å². The Hall–Kier alpha value is -1.99. The molecular weight excluding hydrogens is 311 g/mol. The Labute approximate surface area is 132 Å². The van der Waals surface area contributed by atoms with E-state index in [1.54, 1.807) is 43.8 Å². The van der Waals surface area contributed by atoms with Crippen LogP contribution in [-0.4, -0.2) is 39.1 Å². The number of aryl methyl sites for hydroxylation is 1. The van der Waals surface area contributed by atoms with Gasteiger partial charge in [0.1, 0.15) is 5.60 Å². The van der Waals surface area contributed by atoms with Gasteiger partial charge in [0.25, 0.3) is 0 Å². The van der Waals surface area contributed by atoms with Crippen molar-refractivity contribution in [2.24, 2.45) is 0 Å². The van der Waals surface area contributed by atoms with E-state index in [1.165, 1.54) is 4.90 Å². The summed E-state index contributed by atoms with van der Waals surface area (Å²) in [6, 6.07) is 1.61. The third kappa shape index (κ3) is 5.30. The second-order valence-electron chi connectivity index (χ2n) is 6.39. The number of ether oxygens (including phenoxy) is 1. The van der Waals surface area contributed by atoms with E-state index in [2.05, 4.69) is 5.10 Å². The highest BCUT2D eigenvalue weighted by atomic mass is 19.4. The highest BCUT2D eigenvalue weighted by molar-refractivity contribution is 5.70. The van der Waals surface area contributed by atoms with Crippen LogP contribution >= 0.6 is 0 Å². The van der Waals surface area contributed by atoms with Crippen molar-refractivity contribution in [2.75, 3.05) is 6.54 Å². The van der Waals surface area contributed by atoms with Gasteiger partial charge in [-0.25, -0.2) is 4.79 Å². The minimum Gasteiger partial charge on any atom is -0.443 e. The molecule has 0 saturated heterocycles. The minimum absolute atomic E-state index is 0.146. The van der Waals surface area contributed by atoms with E-state index in [4.69, 9.17) is 4.74 Å². The van der Waals surface area contributed by atoms with Crippen molar-refractivity contribution >= 4 is 12.2 Å². The number of alkyl halides is 3. The highest BCUT2D eigenvalue weighted by Gasteiger charge is 2.27. The Morgan fingerprint density at radius 1 is 1.30 bits per heavy atom.